The molecule has 0 aliphatic heterocycles. The van der Waals surface area contributed by atoms with E-state index in [4.69, 9.17) is 11.1 Å². The third kappa shape index (κ3) is 3.81. The number of anilines is 1. The van der Waals surface area contributed by atoms with E-state index in [9.17, 15) is 5.26 Å². The number of nitriles is 1. The fourth-order valence-corrected chi connectivity index (χ4v) is 3.72. The van der Waals surface area contributed by atoms with Gasteiger partial charge in [-0.25, -0.2) is 0 Å². The summed E-state index contributed by atoms with van der Waals surface area (Å²) < 4.78 is 2.06. The topological polar surface area (TPSA) is 78.6 Å². The SMILES string of the molecule is Cn1cccc1-c1ccccc1CC(C#N)C(=N)Sc1ccccc1N. The summed E-state index contributed by atoms with van der Waals surface area (Å²) >= 11 is 1.26. The van der Waals surface area contributed by atoms with Crippen LogP contribution in [0.4, 0.5) is 5.69 Å². The van der Waals surface area contributed by atoms with Crippen LogP contribution in [0, 0.1) is 22.7 Å². The van der Waals surface area contributed by atoms with E-state index in [1.807, 2.05) is 61.8 Å². The van der Waals surface area contributed by atoms with Gasteiger partial charge in [-0.05, 0) is 36.2 Å². The summed E-state index contributed by atoms with van der Waals surface area (Å²) in [6, 6.07) is 21.8. The summed E-state index contributed by atoms with van der Waals surface area (Å²) in [6.45, 7) is 0. The molecule has 0 aliphatic carbocycles. The molecule has 0 spiro atoms. The molecular formula is C21H20N4S. The maximum atomic E-state index is 9.64. The molecule has 26 heavy (non-hydrogen) atoms. The van der Waals surface area contributed by atoms with Crippen molar-refractivity contribution >= 4 is 22.5 Å². The van der Waals surface area contributed by atoms with Gasteiger partial charge in [-0.2, -0.15) is 5.26 Å². The molecule has 3 rings (SSSR count). The van der Waals surface area contributed by atoms with Crippen LogP contribution >= 0.6 is 11.8 Å². The predicted molar refractivity (Wildman–Crippen MR) is 108 cm³/mol. The number of benzene rings is 2. The van der Waals surface area contributed by atoms with Crippen molar-refractivity contribution in [2.75, 3.05) is 5.73 Å². The maximum Gasteiger partial charge on any atom is 0.0982 e. The molecule has 0 radical (unpaired) electrons. The molecule has 0 fully saturated rings. The van der Waals surface area contributed by atoms with Gasteiger partial charge in [0.15, 0.2) is 0 Å². The van der Waals surface area contributed by atoms with Gasteiger partial charge in [0.05, 0.1) is 17.0 Å². The Kier molecular flexibility index (Phi) is 5.45. The molecule has 3 N–H and O–H groups in total. The van der Waals surface area contributed by atoms with E-state index in [1.165, 1.54) is 11.8 Å². The van der Waals surface area contributed by atoms with Crippen molar-refractivity contribution < 1.29 is 0 Å². The summed E-state index contributed by atoms with van der Waals surface area (Å²) in [7, 11) is 2.00. The van der Waals surface area contributed by atoms with E-state index in [2.05, 4.69) is 22.8 Å². The van der Waals surface area contributed by atoms with Crippen molar-refractivity contribution in [3.63, 3.8) is 0 Å². The van der Waals surface area contributed by atoms with Gasteiger partial charge >= 0.3 is 0 Å². The van der Waals surface area contributed by atoms with Crippen LogP contribution in [0.25, 0.3) is 11.3 Å². The Labute approximate surface area is 157 Å². The van der Waals surface area contributed by atoms with Gasteiger partial charge < -0.3 is 10.3 Å². The monoisotopic (exact) mass is 360 g/mol. The number of nitrogens with zero attached hydrogens (tertiary/aromatic N) is 2. The molecule has 4 nitrogen and oxygen atoms in total. The van der Waals surface area contributed by atoms with Crippen LogP contribution in [0.5, 0.6) is 0 Å². The lowest BCUT2D eigenvalue weighted by Gasteiger charge is -2.15. The fraction of sp³-hybridized carbons (Fsp3) is 0.143. The Morgan fingerprint density at radius 1 is 1.15 bits per heavy atom. The first-order chi connectivity index (χ1) is 12.6. The molecule has 0 aliphatic rings. The first kappa shape index (κ1) is 17.8. The van der Waals surface area contributed by atoms with Crippen molar-refractivity contribution in [2.24, 2.45) is 13.0 Å². The highest BCUT2D eigenvalue weighted by molar-refractivity contribution is 8.14. The highest BCUT2D eigenvalue weighted by Gasteiger charge is 2.19. The minimum absolute atomic E-state index is 0.312. The lowest BCUT2D eigenvalue weighted by Crippen LogP contribution is -2.12. The van der Waals surface area contributed by atoms with E-state index < -0.39 is 5.92 Å². The number of nitrogens with one attached hydrogen (secondary N) is 1. The van der Waals surface area contributed by atoms with E-state index in [-0.39, 0.29) is 0 Å². The number of nitrogen functional groups attached to an aromatic ring is 1. The van der Waals surface area contributed by atoms with Crippen molar-refractivity contribution in [1.82, 2.24) is 4.57 Å². The average Bonchev–Trinajstić information content (AvgIpc) is 3.07. The molecule has 3 aromatic rings. The Balaban J connectivity index is 1.83. The number of aryl methyl sites for hydroxylation is 1. The summed E-state index contributed by atoms with van der Waals surface area (Å²) in [5.41, 5.74) is 9.85. The zero-order valence-corrected chi connectivity index (χ0v) is 15.3. The van der Waals surface area contributed by atoms with Crippen LogP contribution in [0.15, 0.2) is 71.8 Å². The Morgan fingerprint density at radius 3 is 2.58 bits per heavy atom. The highest BCUT2D eigenvalue weighted by Crippen LogP contribution is 2.31. The zero-order valence-electron chi connectivity index (χ0n) is 14.5. The molecule has 130 valence electrons. The third-order valence-corrected chi connectivity index (χ3v) is 5.37. The van der Waals surface area contributed by atoms with Gasteiger partial charge in [-0.3, -0.25) is 5.41 Å². The normalized spacial score (nSPS) is 11.7. The van der Waals surface area contributed by atoms with Crippen molar-refractivity contribution in [3.05, 3.63) is 72.4 Å². The second-order valence-corrected chi connectivity index (χ2v) is 7.14. The molecule has 2 aromatic carbocycles. The molecule has 0 saturated carbocycles. The van der Waals surface area contributed by atoms with Gasteiger partial charge in [0.25, 0.3) is 0 Å². The molecule has 0 amide bonds. The zero-order chi connectivity index (χ0) is 18.5. The van der Waals surface area contributed by atoms with Gasteiger partial charge in [-0.1, -0.05) is 48.2 Å². The molecule has 1 aromatic heterocycles. The predicted octanol–water partition coefficient (Wildman–Crippen LogP) is 4.73. The molecule has 5 heteroatoms. The Hall–Kier alpha value is -2.97. The van der Waals surface area contributed by atoms with Crippen molar-refractivity contribution in [2.45, 2.75) is 11.3 Å². The standard InChI is InChI=1S/C21H20N4S/c1-25-12-6-10-19(25)17-8-3-2-7-15(17)13-16(14-22)21(24)26-20-11-5-4-9-18(20)23/h2-12,16,24H,13,23H2,1H3. The summed E-state index contributed by atoms with van der Waals surface area (Å²) in [5, 5.41) is 18.3. The molecular weight excluding hydrogens is 340 g/mol. The van der Waals surface area contributed by atoms with Crippen LogP contribution < -0.4 is 5.73 Å². The number of hydrogen-bond acceptors (Lipinski definition) is 4. The minimum atomic E-state index is -0.513. The van der Waals surface area contributed by atoms with Crippen LogP contribution in [0.1, 0.15) is 5.56 Å². The fourth-order valence-electron chi connectivity index (χ4n) is 2.87. The van der Waals surface area contributed by atoms with E-state index in [1.54, 1.807) is 0 Å². The summed E-state index contributed by atoms with van der Waals surface area (Å²) in [5.74, 6) is -0.513. The van der Waals surface area contributed by atoms with E-state index >= 15 is 0 Å². The number of hydrogen-bond donors (Lipinski definition) is 2. The average molecular weight is 360 g/mol. The minimum Gasteiger partial charge on any atom is -0.398 e. The largest absolute Gasteiger partial charge is 0.398 e. The van der Waals surface area contributed by atoms with Crippen LogP contribution in [0.2, 0.25) is 0 Å². The van der Waals surface area contributed by atoms with Gasteiger partial charge in [-0.15, -0.1) is 0 Å². The first-order valence-corrected chi connectivity index (χ1v) is 9.12. The first-order valence-electron chi connectivity index (χ1n) is 8.30. The Morgan fingerprint density at radius 2 is 1.88 bits per heavy atom. The summed E-state index contributed by atoms with van der Waals surface area (Å²) in [4.78, 5) is 0.813. The smallest absolute Gasteiger partial charge is 0.0982 e. The third-order valence-electron chi connectivity index (χ3n) is 4.27. The quantitative estimate of drug-likeness (QED) is 0.299. The second kappa shape index (κ2) is 7.94. The molecule has 0 saturated heterocycles. The molecule has 1 atom stereocenters. The second-order valence-electron chi connectivity index (χ2n) is 6.05. The van der Waals surface area contributed by atoms with E-state index in [0.29, 0.717) is 17.2 Å². The number of para-hydroxylation sites is 1. The van der Waals surface area contributed by atoms with Gasteiger partial charge in [0.1, 0.15) is 0 Å². The lowest BCUT2D eigenvalue weighted by molar-refractivity contribution is 0.865. The highest BCUT2D eigenvalue weighted by atomic mass is 32.2. The number of aromatic nitrogens is 1. The van der Waals surface area contributed by atoms with Crippen LogP contribution in [0.3, 0.4) is 0 Å². The summed E-state index contributed by atoms with van der Waals surface area (Å²) in [6.07, 6.45) is 2.50. The van der Waals surface area contributed by atoms with E-state index in [0.717, 1.165) is 21.7 Å². The number of rotatable bonds is 5. The molecule has 1 heterocycles. The van der Waals surface area contributed by atoms with Crippen molar-refractivity contribution in [1.29, 1.82) is 10.7 Å². The number of nitrogens with two attached hydrogens (primary N) is 1. The van der Waals surface area contributed by atoms with Crippen molar-refractivity contribution in [3.8, 4) is 17.3 Å². The molecule has 0 bridgehead atoms. The Bertz CT molecular complexity index is 968. The lowest BCUT2D eigenvalue weighted by atomic mass is 9.95. The number of thioether (sulfide) groups is 1. The van der Waals surface area contributed by atoms with Crippen LogP contribution in [-0.2, 0) is 13.5 Å². The van der Waals surface area contributed by atoms with Gasteiger partial charge in [0, 0.05) is 35.1 Å². The molecule has 1 unspecified atom stereocenters. The van der Waals surface area contributed by atoms with Crippen LogP contribution in [-0.4, -0.2) is 9.61 Å². The maximum absolute atomic E-state index is 9.64. The van der Waals surface area contributed by atoms with Gasteiger partial charge in [0.2, 0.25) is 0 Å².